The van der Waals surface area contributed by atoms with Crippen molar-refractivity contribution in [3.63, 3.8) is 0 Å². The lowest BCUT2D eigenvalue weighted by Gasteiger charge is -2.37. The summed E-state index contributed by atoms with van der Waals surface area (Å²) in [4.78, 5) is 17.8. The number of hydrogen-bond donors (Lipinski definition) is 0. The number of carbonyl (C=O) groups is 1. The molecular formula is C22H32N4O3. The molecule has 0 aromatic carbocycles. The van der Waals surface area contributed by atoms with E-state index in [0.29, 0.717) is 5.69 Å². The fourth-order valence-electron chi connectivity index (χ4n) is 4.92. The largest absolute Gasteiger partial charge is 0.361 e. The molecule has 1 amide bonds. The first-order chi connectivity index (χ1) is 13.9. The summed E-state index contributed by atoms with van der Waals surface area (Å²) in [6, 6.07) is 1.82. The standard InChI is InChI=1S/C22H32N4O3/c1-15(2)20-13-19(24-29-20)21(27)26-11-6-8-22(26)7-5-10-25(12-9-22)14-18-16(3)23-28-17(18)4/h13,15H,5-12,14H2,1-4H3. The Morgan fingerprint density at radius 2 is 1.86 bits per heavy atom. The molecule has 158 valence electrons. The van der Waals surface area contributed by atoms with E-state index in [0.717, 1.165) is 75.5 Å². The summed E-state index contributed by atoms with van der Waals surface area (Å²) in [7, 11) is 0. The Morgan fingerprint density at radius 1 is 1.10 bits per heavy atom. The minimum atomic E-state index is -0.0541. The van der Waals surface area contributed by atoms with Gasteiger partial charge in [0.05, 0.1) is 5.69 Å². The highest BCUT2D eigenvalue weighted by Gasteiger charge is 2.45. The van der Waals surface area contributed by atoms with Crippen LogP contribution < -0.4 is 0 Å². The second-order valence-corrected chi connectivity index (χ2v) is 8.99. The Balaban J connectivity index is 1.47. The second-order valence-electron chi connectivity index (χ2n) is 8.99. The van der Waals surface area contributed by atoms with E-state index in [-0.39, 0.29) is 17.4 Å². The average molecular weight is 401 g/mol. The van der Waals surface area contributed by atoms with Gasteiger partial charge in [-0.1, -0.05) is 24.2 Å². The highest BCUT2D eigenvalue weighted by Crippen LogP contribution is 2.39. The molecule has 2 aromatic rings. The number of aromatic nitrogens is 2. The molecule has 7 nitrogen and oxygen atoms in total. The van der Waals surface area contributed by atoms with E-state index in [4.69, 9.17) is 9.05 Å². The van der Waals surface area contributed by atoms with Crippen LogP contribution in [0.15, 0.2) is 15.1 Å². The summed E-state index contributed by atoms with van der Waals surface area (Å²) in [6.07, 6.45) is 5.27. The molecule has 1 unspecified atom stereocenters. The molecule has 1 atom stereocenters. The van der Waals surface area contributed by atoms with Crippen molar-refractivity contribution in [3.05, 3.63) is 34.5 Å². The van der Waals surface area contributed by atoms with Crippen LogP contribution in [0.4, 0.5) is 0 Å². The minimum absolute atomic E-state index is 0.0253. The van der Waals surface area contributed by atoms with E-state index in [1.165, 1.54) is 5.56 Å². The van der Waals surface area contributed by atoms with Gasteiger partial charge in [0.15, 0.2) is 5.69 Å². The van der Waals surface area contributed by atoms with Crippen LogP contribution in [0.5, 0.6) is 0 Å². The van der Waals surface area contributed by atoms with Gasteiger partial charge in [0.2, 0.25) is 0 Å². The van der Waals surface area contributed by atoms with Crippen molar-refractivity contribution >= 4 is 5.91 Å². The van der Waals surface area contributed by atoms with Crippen molar-refractivity contribution in [2.45, 2.75) is 77.8 Å². The van der Waals surface area contributed by atoms with Gasteiger partial charge in [-0.3, -0.25) is 9.69 Å². The normalized spacial score (nSPS) is 23.3. The molecule has 2 saturated heterocycles. The maximum atomic E-state index is 13.3. The van der Waals surface area contributed by atoms with Crippen molar-refractivity contribution in [2.24, 2.45) is 0 Å². The van der Waals surface area contributed by atoms with Gasteiger partial charge in [0, 0.05) is 42.7 Å². The SMILES string of the molecule is Cc1noc(C)c1CN1CCCC2(CCCN2C(=O)c2cc(C(C)C)on2)CC1. The molecule has 29 heavy (non-hydrogen) atoms. The molecule has 0 radical (unpaired) electrons. The van der Waals surface area contributed by atoms with Crippen LogP contribution in [0, 0.1) is 13.8 Å². The van der Waals surface area contributed by atoms with Crippen molar-refractivity contribution in [2.75, 3.05) is 19.6 Å². The quantitative estimate of drug-likeness (QED) is 0.770. The summed E-state index contributed by atoms with van der Waals surface area (Å²) in [5.41, 5.74) is 2.57. The summed E-state index contributed by atoms with van der Waals surface area (Å²) in [5.74, 6) is 1.93. The summed E-state index contributed by atoms with van der Waals surface area (Å²) >= 11 is 0. The first-order valence-electron chi connectivity index (χ1n) is 10.8. The number of carbonyl (C=O) groups excluding carboxylic acids is 1. The predicted octanol–water partition coefficient (Wildman–Crippen LogP) is 4.06. The van der Waals surface area contributed by atoms with E-state index >= 15 is 0 Å². The van der Waals surface area contributed by atoms with Gasteiger partial charge in [0.1, 0.15) is 11.5 Å². The Bertz CT molecular complexity index is 852. The smallest absolute Gasteiger partial charge is 0.276 e. The Labute approximate surface area is 172 Å². The van der Waals surface area contributed by atoms with Crippen LogP contribution in [0.2, 0.25) is 0 Å². The van der Waals surface area contributed by atoms with Crippen molar-refractivity contribution in [3.8, 4) is 0 Å². The lowest BCUT2D eigenvalue weighted by Crippen LogP contribution is -2.48. The van der Waals surface area contributed by atoms with E-state index in [1.54, 1.807) is 0 Å². The van der Waals surface area contributed by atoms with Crippen molar-refractivity contribution in [1.29, 1.82) is 0 Å². The zero-order chi connectivity index (χ0) is 20.6. The van der Waals surface area contributed by atoms with Gasteiger partial charge >= 0.3 is 0 Å². The highest BCUT2D eigenvalue weighted by atomic mass is 16.5. The summed E-state index contributed by atoms with van der Waals surface area (Å²) in [6.45, 7) is 11.8. The molecule has 4 heterocycles. The van der Waals surface area contributed by atoms with E-state index in [9.17, 15) is 4.79 Å². The van der Waals surface area contributed by atoms with E-state index in [2.05, 4.69) is 20.1 Å². The fourth-order valence-corrected chi connectivity index (χ4v) is 4.92. The zero-order valence-corrected chi connectivity index (χ0v) is 18.0. The third-order valence-electron chi connectivity index (χ3n) is 6.73. The molecule has 0 aliphatic carbocycles. The van der Waals surface area contributed by atoms with Gasteiger partial charge in [-0.15, -0.1) is 0 Å². The lowest BCUT2D eigenvalue weighted by atomic mass is 9.87. The van der Waals surface area contributed by atoms with Crippen LogP contribution in [0.1, 0.15) is 85.1 Å². The molecule has 0 N–H and O–H groups in total. The van der Waals surface area contributed by atoms with Gasteiger partial charge in [0.25, 0.3) is 5.91 Å². The number of rotatable bonds is 4. The molecule has 2 fully saturated rings. The first-order valence-corrected chi connectivity index (χ1v) is 10.8. The first kappa shape index (κ1) is 20.1. The van der Waals surface area contributed by atoms with Crippen LogP contribution >= 0.6 is 0 Å². The monoisotopic (exact) mass is 400 g/mol. The molecule has 4 rings (SSSR count). The Hall–Kier alpha value is -2.15. The molecule has 2 aromatic heterocycles. The Morgan fingerprint density at radius 3 is 2.52 bits per heavy atom. The number of likely N-dealkylation sites (tertiary alicyclic amines) is 2. The van der Waals surface area contributed by atoms with E-state index < -0.39 is 0 Å². The lowest BCUT2D eigenvalue weighted by molar-refractivity contribution is 0.0547. The van der Waals surface area contributed by atoms with Crippen LogP contribution in [-0.4, -0.2) is 51.2 Å². The third kappa shape index (κ3) is 3.84. The minimum Gasteiger partial charge on any atom is -0.361 e. The third-order valence-corrected chi connectivity index (χ3v) is 6.73. The number of aryl methyl sites for hydroxylation is 2. The van der Waals surface area contributed by atoms with Gasteiger partial charge < -0.3 is 13.9 Å². The van der Waals surface area contributed by atoms with Gasteiger partial charge in [-0.25, -0.2) is 0 Å². The molecule has 0 bridgehead atoms. The zero-order valence-electron chi connectivity index (χ0n) is 18.0. The molecule has 0 saturated carbocycles. The molecule has 1 spiro atoms. The van der Waals surface area contributed by atoms with E-state index in [1.807, 2.05) is 33.8 Å². The molecule has 7 heteroatoms. The number of hydrogen-bond acceptors (Lipinski definition) is 6. The van der Waals surface area contributed by atoms with Crippen LogP contribution in [0.3, 0.4) is 0 Å². The average Bonchev–Trinajstić information content (AvgIpc) is 3.37. The maximum Gasteiger partial charge on any atom is 0.276 e. The van der Waals surface area contributed by atoms with Crippen LogP contribution in [0.25, 0.3) is 0 Å². The Kier molecular flexibility index (Phi) is 5.51. The van der Waals surface area contributed by atoms with Crippen LogP contribution in [-0.2, 0) is 6.54 Å². The highest BCUT2D eigenvalue weighted by molar-refractivity contribution is 5.93. The number of amides is 1. The summed E-state index contributed by atoms with van der Waals surface area (Å²) in [5, 5.41) is 8.16. The summed E-state index contributed by atoms with van der Waals surface area (Å²) < 4.78 is 10.7. The molecule has 2 aliphatic rings. The fraction of sp³-hybridized carbons (Fsp3) is 0.682. The molecular weight excluding hydrogens is 368 g/mol. The van der Waals surface area contributed by atoms with Gasteiger partial charge in [-0.05, 0) is 52.5 Å². The maximum absolute atomic E-state index is 13.3. The number of nitrogens with zero attached hydrogens (tertiary/aromatic N) is 4. The molecule has 2 aliphatic heterocycles. The topological polar surface area (TPSA) is 75.6 Å². The van der Waals surface area contributed by atoms with Gasteiger partial charge in [-0.2, -0.15) is 0 Å². The van der Waals surface area contributed by atoms with Crippen molar-refractivity contribution in [1.82, 2.24) is 20.1 Å². The van der Waals surface area contributed by atoms with Crippen molar-refractivity contribution < 1.29 is 13.8 Å². The predicted molar refractivity (Wildman–Crippen MR) is 109 cm³/mol. The second kappa shape index (κ2) is 7.94.